The third kappa shape index (κ3) is 8.64. The molecule has 0 saturated carbocycles. The highest BCUT2D eigenvalue weighted by atomic mass is 32.2. The van der Waals surface area contributed by atoms with Gasteiger partial charge in [-0.05, 0) is 66.4 Å². The van der Waals surface area contributed by atoms with E-state index >= 15 is 0 Å². The Labute approximate surface area is 226 Å². The molecule has 206 valence electrons. The van der Waals surface area contributed by atoms with Crippen molar-refractivity contribution >= 4 is 39.1 Å². The van der Waals surface area contributed by atoms with Gasteiger partial charge in [-0.15, -0.1) is 11.3 Å². The van der Waals surface area contributed by atoms with E-state index in [9.17, 15) is 22.3 Å². The number of rotatable bonds is 4. The number of nitrogens with two attached hydrogens (primary N) is 1. The second-order valence-corrected chi connectivity index (χ2v) is 10.3. The lowest BCUT2D eigenvalue weighted by Gasteiger charge is -2.33. The topological polar surface area (TPSA) is 115 Å². The highest BCUT2D eigenvalue weighted by Crippen LogP contribution is 2.23. The average molecular weight is 557 g/mol. The van der Waals surface area contributed by atoms with E-state index in [4.69, 9.17) is 5.73 Å². The number of amides is 1. The maximum atomic E-state index is 13.1. The molecule has 3 N–H and O–H groups in total. The van der Waals surface area contributed by atoms with E-state index < -0.39 is 22.7 Å². The second-order valence-electron chi connectivity index (χ2n) is 8.38. The lowest BCUT2D eigenvalue weighted by molar-refractivity contribution is -0.117. The molecular formula is C25H36F2N5O3S2-. The Morgan fingerprint density at radius 1 is 1.14 bits per heavy atom. The third-order valence-electron chi connectivity index (χ3n) is 5.99. The van der Waals surface area contributed by atoms with Crippen LogP contribution in [0.3, 0.4) is 0 Å². The zero-order chi connectivity index (χ0) is 26.8. The van der Waals surface area contributed by atoms with Crippen LogP contribution >= 0.6 is 11.3 Å². The molecule has 1 aromatic heterocycles. The number of benzene rings is 2. The minimum absolute atomic E-state index is 0. The number of carbonyl (C=O) groups excluding carboxylic acids is 1. The van der Waals surface area contributed by atoms with E-state index in [1.807, 2.05) is 12.3 Å². The molecule has 3 heterocycles. The van der Waals surface area contributed by atoms with Gasteiger partial charge in [0.1, 0.15) is 0 Å². The first-order chi connectivity index (χ1) is 17.8. The SMILES string of the molecule is C[C@@H](c1ccc(F)c(F)c1)N1CCNCC1.Nc1nccs1.O=C1CCCN1c1ccc(S(=O)[O-])cc1.[HH].[HH].[HH]. The van der Waals surface area contributed by atoms with Gasteiger partial charge in [0.2, 0.25) is 5.91 Å². The summed E-state index contributed by atoms with van der Waals surface area (Å²) in [6.45, 7) is 6.54. The number of hydrogen-bond donors (Lipinski definition) is 2. The fourth-order valence-corrected chi connectivity index (χ4v) is 4.69. The van der Waals surface area contributed by atoms with Crippen LogP contribution in [0.5, 0.6) is 0 Å². The van der Waals surface area contributed by atoms with Crippen LogP contribution in [0.25, 0.3) is 0 Å². The Morgan fingerprint density at radius 2 is 1.84 bits per heavy atom. The Morgan fingerprint density at radius 3 is 2.32 bits per heavy atom. The van der Waals surface area contributed by atoms with Crippen molar-refractivity contribution in [3.05, 3.63) is 71.2 Å². The van der Waals surface area contributed by atoms with Crippen molar-refractivity contribution in [2.45, 2.75) is 30.7 Å². The number of hydrogen-bond acceptors (Lipinski definition) is 8. The molecule has 2 fully saturated rings. The van der Waals surface area contributed by atoms with Crippen molar-refractivity contribution in [2.24, 2.45) is 0 Å². The zero-order valence-electron chi connectivity index (χ0n) is 20.4. The number of halogens is 2. The van der Waals surface area contributed by atoms with E-state index in [-0.39, 0.29) is 21.1 Å². The molecule has 2 aliphatic rings. The number of nitrogen functional groups attached to an aromatic ring is 1. The Bertz CT molecular complexity index is 1180. The molecule has 0 aliphatic carbocycles. The fraction of sp³-hybridized carbons (Fsp3) is 0.360. The number of anilines is 2. The number of thiazole rings is 1. The zero-order valence-corrected chi connectivity index (χ0v) is 22.1. The molecule has 1 amide bonds. The van der Waals surface area contributed by atoms with Gasteiger partial charge in [-0.1, -0.05) is 6.07 Å². The summed E-state index contributed by atoms with van der Waals surface area (Å²) in [7, 11) is 0. The van der Waals surface area contributed by atoms with Crippen LogP contribution in [0.1, 0.15) is 35.7 Å². The summed E-state index contributed by atoms with van der Waals surface area (Å²) in [6, 6.07) is 10.6. The van der Waals surface area contributed by atoms with Gasteiger partial charge in [-0.25, -0.2) is 13.8 Å². The maximum absolute atomic E-state index is 13.1. The van der Waals surface area contributed by atoms with Gasteiger partial charge >= 0.3 is 0 Å². The standard InChI is InChI=1S/C12H16F2N2.C10H11NO3S.C3H4N2S.3H2/c1-9(16-6-4-15-5-7-16)10-2-3-11(13)12(14)8-10;12-10-2-1-7-11(10)8-3-5-9(6-4-8)15(13)14;4-3-5-1-2-6-3;;;/h2-3,8-9,15H,4-7H2,1H3;3-6H,1-2,7H2,(H,13,14);1-2H,(H2,4,5);3*1H/p-1/t9-;;;;;/m0...../s1. The summed E-state index contributed by atoms with van der Waals surface area (Å²) >= 11 is -0.756. The summed E-state index contributed by atoms with van der Waals surface area (Å²) < 4.78 is 47.1. The molecule has 8 nitrogen and oxygen atoms in total. The number of carbonyl (C=O) groups is 1. The maximum Gasteiger partial charge on any atom is 0.227 e. The normalized spacial score (nSPS) is 17.3. The second kappa shape index (κ2) is 14.2. The third-order valence-corrected chi connectivity index (χ3v) is 7.25. The van der Waals surface area contributed by atoms with Gasteiger partial charge in [0.05, 0.1) is 0 Å². The van der Waals surface area contributed by atoms with Crippen LogP contribution in [-0.2, 0) is 15.9 Å². The van der Waals surface area contributed by atoms with Crippen LogP contribution in [0.2, 0.25) is 0 Å². The lowest BCUT2D eigenvalue weighted by atomic mass is 10.1. The molecular weight excluding hydrogens is 520 g/mol. The summed E-state index contributed by atoms with van der Waals surface area (Å²) in [6.07, 6.45) is 3.13. The van der Waals surface area contributed by atoms with Crippen molar-refractivity contribution < 1.29 is 26.6 Å². The molecule has 37 heavy (non-hydrogen) atoms. The summed E-state index contributed by atoms with van der Waals surface area (Å²) in [5.74, 6) is -1.44. The quantitative estimate of drug-likeness (QED) is 0.457. The van der Waals surface area contributed by atoms with Crippen molar-refractivity contribution in [3.8, 4) is 0 Å². The summed E-state index contributed by atoms with van der Waals surface area (Å²) in [4.78, 5) is 19.3. The van der Waals surface area contributed by atoms with Crippen LogP contribution in [0.4, 0.5) is 19.6 Å². The van der Waals surface area contributed by atoms with Crippen molar-refractivity contribution in [2.75, 3.05) is 43.4 Å². The Hall–Kier alpha value is -2.77. The number of piperazine rings is 1. The molecule has 2 aromatic carbocycles. The van der Waals surface area contributed by atoms with Crippen molar-refractivity contribution in [3.63, 3.8) is 0 Å². The largest absolute Gasteiger partial charge is 0.768 e. The number of nitrogens with zero attached hydrogens (tertiary/aromatic N) is 3. The smallest absolute Gasteiger partial charge is 0.227 e. The molecule has 0 bridgehead atoms. The van der Waals surface area contributed by atoms with Gasteiger partial charge in [-0.2, -0.15) is 0 Å². The van der Waals surface area contributed by atoms with E-state index in [1.165, 1.54) is 35.6 Å². The molecule has 2 aliphatic heterocycles. The van der Waals surface area contributed by atoms with Gasteiger partial charge in [0.15, 0.2) is 16.8 Å². The molecule has 1 unspecified atom stereocenters. The Kier molecular flexibility index (Phi) is 11.1. The highest BCUT2D eigenvalue weighted by molar-refractivity contribution is 7.79. The summed E-state index contributed by atoms with van der Waals surface area (Å²) in [5.41, 5.74) is 6.79. The number of aromatic nitrogens is 1. The Balaban J connectivity index is 0.000000595. The first kappa shape index (κ1) is 28.8. The first-order valence-electron chi connectivity index (χ1n) is 11.8. The molecule has 12 heteroatoms. The number of nitrogens with one attached hydrogen (secondary N) is 1. The van der Waals surface area contributed by atoms with E-state index in [1.54, 1.807) is 29.3 Å². The van der Waals surface area contributed by atoms with Crippen LogP contribution < -0.4 is 16.0 Å². The molecule has 5 rings (SSSR count). The van der Waals surface area contributed by atoms with Crippen LogP contribution in [0, 0.1) is 11.6 Å². The molecule has 0 radical (unpaired) electrons. The van der Waals surface area contributed by atoms with Gasteiger partial charge in [0, 0.05) is 71.6 Å². The van der Waals surface area contributed by atoms with Gasteiger partial charge in [0.25, 0.3) is 0 Å². The van der Waals surface area contributed by atoms with E-state index in [0.29, 0.717) is 11.6 Å². The van der Waals surface area contributed by atoms with E-state index in [0.717, 1.165) is 50.4 Å². The minimum Gasteiger partial charge on any atom is -0.768 e. The fourth-order valence-electron chi connectivity index (χ4n) is 3.95. The molecule has 2 atom stereocenters. The lowest BCUT2D eigenvalue weighted by Crippen LogP contribution is -2.44. The monoisotopic (exact) mass is 556 g/mol. The van der Waals surface area contributed by atoms with Crippen molar-refractivity contribution in [1.29, 1.82) is 0 Å². The van der Waals surface area contributed by atoms with Crippen molar-refractivity contribution in [1.82, 2.24) is 15.2 Å². The highest BCUT2D eigenvalue weighted by Gasteiger charge is 2.21. The van der Waals surface area contributed by atoms with Gasteiger partial charge < -0.3 is 20.5 Å². The van der Waals surface area contributed by atoms with Crippen LogP contribution in [-0.4, -0.2) is 57.3 Å². The summed E-state index contributed by atoms with van der Waals surface area (Å²) in [5, 5.41) is 5.74. The molecule has 3 aromatic rings. The molecule has 2 saturated heterocycles. The minimum atomic E-state index is -2.20. The predicted molar refractivity (Wildman–Crippen MR) is 147 cm³/mol. The van der Waals surface area contributed by atoms with E-state index in [2.05, 4.69) is 15.2 Å². The van der Waals surface area contributed by atoms with Crippen LogP contribution in [0.15, 0.2) is 58.9 Å². The van der Waals surface area contributed by atoms with Gasteiger partial charge in [-0.3, -0.25) is 13.9 Å². The molecule has 0 spiro atoms. The predicted octanol–water partition coefficient (Wildman–Crippen LogP) is 4.45. The first-order valence-corrected chi connectivity index (χ1v) is 13.8. The average Bonchev–Trinajstić information content (AvgIpc) is 3.57.